The van der Waals surface area contributed by atoms with Gasteiger partial charge in [-0.3, -0.25) is 9.80 Å². The molecule has 0 amide bonds. The standard InChI is InChI=1S/C16H24N2O4/c19-7-1-5-17-9-13-14-10-18(6-2-8-20)12-22-16(14)4-3-15(13)21-11-17/h3-4,19-20H,1-2,5-12H2. The van der Waals surface area contributed by atoms with Crippen molar-refractivity contribution in [3.8, 4) is 11.5 Å². The lowest BCUT2D eigenvalue weighted by Crippen LogP contribution is -2.37. The van der Waals surface area contributed by atoms with Crippen molar-refractivity contribution in [3.63, 3.8) is 0 Å². The normalized spacial score (nSPS) is 18.3. The molecule has 0 radical (unpaired) electrons. The Morgan fingerprint density at radius 3 is 1.68 bits per heavy atom. The molecular formula is C16H24N2O4. The minimum Gasteiger partial charge on any atom is -0.478 e. The largest absolute Gasteiger partial charge is 0.478 e. The number of fused-ring (bicyclic) bond motifs is 3. The summed E-state index contributed by atoms with van der Waals surface area (Å²) in [5.41, 5.74) is 2.38. The Morgan fingerprint density at radius 2 is 1.27 bits per heavy atom. The molecule has 22 heavy (non-hydrogen) atoms. The van der Waals surface area contributed by atoms with Crippen molar-refractivity contribution in [2.24, 2.45) is 0 Å². The Hall–Kier alpha value is -1.34. The summed E-state index contributed by atoms with van der Waals surface area (Å²) in [5.74, 6) is 1.87. The number of aliphatic hydroxyl groups is 2. The van der Waals surface area contributed by atoms with Crippen LogP contribution < -0.4 is 9.47 Å². The van der Waals surface area contributed by atoms with Crippen LogP contribution in [0.5, 0.6) is 11.5 Å². The second-order valence-electron chi connectivity index (χ2n) is 5.83. The van der Waals surface area contributed by atoms with E-state index in [0.717, 1.165) is 50.5 Å². The van der Waals surface area contributed by atoms with Crippen molar-refractivity contribution in [2.75, 3.05) is 39.8 Å². The summed E-state index contributed by atoms with van der Waals surface area (Å²) in [7, 11) is 0. The maximum atomic E-state index is 8.99. The van der Waals surface area contributed by atoms with E-state index < -0.39 is 0 Å². The van der Waals surface area contributed by atoms with Gasteiger partial charge in [0.1, 0.15) is 25.0 Å². The van der Waals surface area contributed by atoms with E-state index in [1.54, 1.807) is 0 Å². The van der Waals surface area contributed by atoms with Crippen LogP contribution in [0.15, 0.2) is 12.1 Å². The number of hydrogen-bond acceptors (Lipinski definition) is 6. The monoisotopic (exact) mass is 308 g/mol. The summed E-state index contributed by atoms with van der Waals surface area (Å²) in [5, 5.41) is 18.0. The quantitative estimate of drug-likeness (QED) is 0.809. The molecule has 0 aromatic heterocycles. The van der Waals surface area contributed by atoms with Crippen LogP contribution in [0.1, 0.15) is 24.0 Å². The van der Waals surface area contributed by atoms with Gasteiger partial charge in [0.2, 0.25) is 0 Å². The molecule has 0 bridgehead atoms. The van der Waals surface area contributed by atoms with Crippen molar-refractivity contribution in [2.45, 2.75) is 25.9 Å². The van der Waals surface area contributed by atoms with Crippen molar-refractivity contribution in [1.82, 2.24) is 9.80 Å². The van der Waals surface area contributed by atoms with Gasteiger partial charge >= 0.3 is 0 Å². The highest BCUT2D eigenvalue weighted by Gasteiger charge is 2.26. The van der Waals surface area contributed by atoms with Crippen LogP contribution in [0.4, 0.5) is 0 Å². The lowest BCUT2D eigenvalue weighted by molar-refractivity contribution is 0.0731. The number of hydrogen-bond donors (Lipinski definition) is 2. The molecule has 0 saturated carbocycles. The molecule has 0 aliphatic carbocycles. The highest BCUT2D eigenvalue weighted by Crippen LogP contribution is 2.36. The molecule has 2 heterocycles. The number of benzene rings is 1. The van der Waals surface area contributed by atoms with E-state index >= 15 is 0 Å². The zero-order valence-electron chi connectivity index (χ0n) is 12.8. The predicted molar refractivity (Wildman–Crippen MR) is 81.7 cm³/mol. The van der Waals surface area contributed by atoms with Gasteiger partial charge in [-0.1, -0.05) is 0 Å². The van der Waals surface area contributed by atoms with E-state index in [-0.39, 0.29) is 13.2 Å². The number of nitrogens with zero attached hydrogens (tertiary/aromatic N) is 2. The van der Waals surface area contributed by atoms with Crippen LogP contribution in [0.3, 0.4) is 0 Å². The molecule has 3 rings (SSSR count). The second-order valence-corrected chi connectivity index (χ2v) is 5.83. The third-order valence-electron chi connectivity index (χ3n) is 4.18. The van der Waals surface area contributed by atoms with E-state index in [1.807, 2.05) is 12.1 Å². The van der Waals surface area contributed by atoms with E-state index in [2.05, 4.69) is 9.80 Å². The summed E-state index contributed by atoms with van der Waals surface area (Å²) in [6.45, 7) is 4.86. The van der Waals surface area contributed by atoms with Gasteiger partial charge in [-0.05, 0) is 25.0 Å². The van der Waals surface area contributed by atoms with Crippen molar-refractivity contribution < 1.29 is 19.7 Å². The summed E-state index contributed by atoms with van der Waals surface area (Å²) in [6.07, 6.45) is 1.51. The number of rotatable bonds is 6. The first-order chi connectivity index (χ1) is 10.8. The molecule has 6 heteroatoms. The van der Waals surface area contributed by atoms with Gasteiger partial charge in [0.25, 0.3) is 0 Å². The van der Waals surface area contributed by atoms with E-state index in [1.165, 1.54) is 11.1 Å². The van der Waals surface area contributed by atoms with Crippen molar-refractivity contribution >= 4 is 0 Å². The summed E-state index contributed by atoms with van der Waals surface area (Å²) in [4.78, 5) is 4.40. The van der Waals surface area contributed by atoms with E-state index in [9.17, 15) is 0 Å². The Kier molecular flexibility index (Phi) is 5.15. The zero-order chi connectivity index (χ0) is 15.4. The van der Waals surface area contributed by atoms with Crippen LogP contribution in [0.2, 0.25) is 0 Å². The average molecular weight is 308 g/mol. The highest BCUT2D eigenvalue weighted by atomic mass is 16.5. The summed E-state index contributed by atoms with van der Waals surface area (Å²) < 4.78 is 11.7. The lowest BCUT2D eigenvalue weighted by Gasteiger charge is -2.35. The molecular weight excluding hydrogens is 284 g/mol. The first kappa shape index (κ1) is 15.6. The van der Waals surface area contributed by atoms with Crippen LogP contribution in [-0.2, 0) is 13.1 Å². The maximum absolute atomic E-state index is 8.99. The molecule has 0 unspecified atom stereocenters. The first-order valence-electron chi connectivity index (χ1n) is 7.88. The Morgan fingerprint density at radius 1 is 0.818 bits per heavy atom. The van der Waals surface area contributed by atoms with Crippen LogP contribution in [0.25, 0.3) is 0 Å². The molecule has 2 N–H and O–H groups in total. The lowest BCUT2D eigenvalue weighted by atomic mass is 10.0. The van der Waals surface area contributed by atoms with Gasteiger partial charge < -0.3 is 19.7 Å². The van der Waals surface area contributed by atoms with Gasteiger partial charge in [0.05, 0.1) is 0 Å². The molecule has 0 fully saturated rings. The molecule has 2 aliphatic rings. The summed E-state index contributed by atoms with van der Waals surface area (Å²) >= 11 is 0. The Bertz CT molecular complexity index is 464. The Labute approximate surface area is 130 Å². The SMILES string of the molecule is OCCCN1COc2ccc3c(c2C1)CN(CCCO)CO3. The van der Waals surface area contributed by atoms with E-state index in [4.69, 9.17) is 19.7 Å². The number of aliphatic hydroxyl groups excluding tert-OH is 2. The Balaban J connectivity index is 1.76. The third kappa shape index (κ3) is 3.35. The molecule has 122 valence electrons. The summed E-state index contributed by atoms with van der Waals surface area (Å²) in [6, 6.07) is 3.97. The van der Waals surface area contributed by atoms with Crippen molar-refractivity contribution in [1.29, 1.82) is 0 Å². The van der Waals surface area contributed by atoms with Crippen LogP contribution in [-0.4, -0.2) is 59.8 Å². The fourth-order valence-corrected chi connectivity index (χ4v) is 3.00. The molecule has 1 aromatic rings. The molecule has 0 saturated heterocycles. The average Bonchev–Trinajstić information content (AvgIpc) is 2.57. The first-order valence-corrected chi connectivity index (χ1v) is 7.88. The van der Waals surface area contributed by atoms with Crippen molar-refractivity contribution in [3.05, 3.63) is 23.3 Å². The van der Waals surface area contributed by atoms with Crippen LogP contribution in [0, 0.1) is 0 Å². The van der Waals surface area contributed by atoms with Gasteiger partial charge in [-0.2, -0.15) is 0 Å². The second kappa shape index (κ2) is 7.28. The van der Waals surface area contributed by atoms with Gasteiger partial charge in [-0.25, -0.2) is 0 Å². The smallest absolute Gasteiger partial charge is 0.142 e. The zero-order valence-corrected chi connectivity index (χ0v) is 12.8. The highest BCUT2D eigenvalue weighted by molar-refractivity contribution is 5.50. The maximum Gasteiger partial charge on any atom is 0.142 e. The van der Waals surface area contributed by atoms with Gasteiger partial charge in [0, 0.05) is 50.5 Å². The fourth-order valence-electron chi connectivity index (χ4n) is 3.00. The third-order valence-corrected chi connectivity index (χ3v) is 4.18. The van der Waals surface area contributed by atoms with E-state index in [0.29, 0.717) is 13.5 Å². The van der Waals surface area contributed by atoms with Crippen LogP contribution >= 0.6 is 0 Å². The molecule has 1 aromatic carbocycles. The van der Waals surface area contributed by atoms with Gasteiger partial charge in [-0.15, -0.1) is 0 Å². The fraction of sp³-hybridized carbons (Fsp3) is 0.625. The molecule has 0 atom stereocenters. The number of ether oxygens (including phenoxy) is 2. The topological polar surface area (TPSA) is 65.4 Å². The minimum absolute atomic E-state index is 0.203. The predicted octanol–water partition coefficient (Wildman–Crippen LogP) is 0.755. The minimum atomic E-state index is 0.203. The van der Waals surface area contributed by atoms with Gasteiger partial charge in [0.15, 0.2) is 0 Å². The molecule has 2 aliphatic heterocycles. The molecule has 6 nitrogen and oxygen atoms in total. The molecule has 0 spiro atoms.